The van der Waals surface area contributed by atoms with Crippen molar-refractivity contribution >= 4 is 32.7 Å². The Bertz CT molecular complexity index is 1120. The van der Waals surface area contributed by atoms with Crippen molar-refractivity contribution in [2.45, 2.75) is 17.4 Å². The molecule has 10 heteroatoms. The number of oxazole rings is 1. The number of aromatic nitrogens is 2. The summed E-state index contributed by atoms with van der Waals surface area (Å²) in [6.45, 7) is 0.538. The molecule has 3 aromatic rings. The molecular formula is C16H14ClN3O5S. The molecule has 0 unspecified atom stereocenters. The Morgan fingerprint density at radius 2 is 2.19 bits per heavy atom. The van der Waals surface area contributed by atoms with Gasteiger partial charge < -0.3 is 9.15 Å². The number of halogens is 1. The first-order chi connectivity index (χ1) is 12.4. The van der Waals surface area contributed by atoms with Crippen LogP contribution in [0.2, 0.25) is 5.02 Å². The highest BCUT2D eigenvalue weighted by Gasteiger charge is 2.34. The van der Waals surface area contributed by atoms with Crippen LogP contribution in [0.1, 0.15) is 6.42 Å². The predicted octanol–water partition coefficient (Wildman–Crippen LogP) is 2.01. The maximum atomic E-state index is 12.9. The fourth-order valence-corrected chi connectivity index (χ4v) is 4.57. The number of H-pyrrole nitrogens is 1. The standard InChI is InChI=1S/C16H14ClN3O5S/c17-12-8-18-5-3-14(12)24-10-4-6-20(9-10)26(22,23)11-1-2-15-13(7-11)19-16(21)25-15/h1-3,5,7-8,10H,4,6,9H2,(H,19,21)/t10-/m1/s1. The van der Waals surface area contributed by atoms with E-state index in [0.29, 0.717) is 34.8 Å². The number of sulfonamides is 1. The fourth-order valence-electron chi connectivity index (χ4n) is 2.89. The van der Waals surface area contributed by atoms with Gasteiger partial charge in [-0.15, -0.1) is 0 Å². The Balaban J connectivity index is 1.54. The second-order valence-corrected chi connectivity index (χ2v) is 8.22. The summed E-state index contributed by atoms with van der Waals surface area (Å²) < 4.78 is 37.8. The van der Waals surface area contributed by atoms with Gasteiger partial charge in [-0.3, -0.25) is 9.97 Å². The van der Waals surface area contributed by atoms with Gasteiger partial charge in [0.1, 0.15) is 16.9 Å². The molecule has 0 spiro atoms. The van der Waals surface area contributed by atoms with E-state index in [1.165, 1.54) is 28.7 Å². The summed E-state index contributed by atoms with van der Waals surface area (Å²) in [5.41, 5.74) is 0.649. The maximum Gasteiger partial charge on any atom is 0.417 e. The minimum Gasteiger partial charge on any atom is -0.487 e. The number of hydrogen-bond donors (Lipinski definition) is 1. The van der Waals surface area contributed by atoms with Gasteiger partial charge in [0, 0.05) is 25.0 Å². The SMILES string of the molecule is O=c1[nH]c2cc(S(=O)(=O)N3CC[C@@H](Oc4ccncc4Cl)C3)ccc2o1. The lowest BCUT2D eigenvalue weighted by Crippen LogP contribution is -2.31. The second kappa shape index (κ2) is 6.42. The molecule has 26 heavy (non-hydrogen) atoms. The lowest BCUT2D eigenvalue weighted by atomic mass is 10.3. The van der Waals surface area contributed by atoms with E-state index < -0.39 is 15.8 Å². The summed E-state index contributed by atoms with van der Waals surface area (Å²) >= 11 is 6.03. The fraction of sp³-hybridized carbons (Fsp3) is 0.250. The highest BCUT2D eigenvalue weighted by Crippen LogP contribution is 2.28. The topological polar surface area (TPSA) is 106 Å². The molecule has 136 valence electrons. The molecule has 3 heterocycles. The van der Waals surface area contributed by atoms with E-state index >= 15 is 0 Å². The molecule has 0 bridgehead atoms. The smallest absolute Gasteiger partial charge is 0.417 e. The van der Waals surface area contributed by atoms with Crippen molar-refractivity contribution in [1.82, 2.24) is 14.3 Å². The van der Waals surface area contributed by atoms with E-state index in [-0.39, 0.29) is 17.5 Å². The molecule has 1 atom stereocenters. The first-order valence-electron chi connectivity index (χ1n) is 7.83. The third kappa shape index (κ3) is 3.09. The molecule has 0 radical (unpaired) electrons. The first-order valence-corrected chi connectivity index (χ1v) is 9.64. The zero-order valence-corrected chi connectivity index (χ0v) is 15.0. The van der Waals surface area contributed by atoms with Crippen molar-refractivity contribution in [3.63, 3.8) is 0 Å². The van der Waals surface area contributed by atoms with Crippen molar-refractivity contribution in [3.05, 3.63) is 52.2 Å². The molecule has 0 saturated carbocycles. The summed E-state index contributed by atoms with van der Waals surface area (Å²) in [6.07, 6.45) is 3.28. The van der Waals surface area contributed by atoms with Crippen LogP contribution in [0, 0.1) is 0 Å². The van der Waals surface area contributed by atoms with Gasteiger partial charge in [-0.25, -0.2) is 13.2 Å². The number of nitrogens with zero attached hydrogens (tertiary/aromatic N) is 2. The summed E-state index contributed by atoms with van der Waals surface area (Å²) in [5.74, 6) is -0.151. The Kier molecular flexibility index (Phi) is 4.22. The number of ether oxygens (including phenoxy) is 1. The molecule has 1 aliphatic rings. The zero-order valence-electron chi connectivity index (χ0n) is 13.4. The Morgan fingerprint density at radius 3 is 3.00 bits per heavy atom. The van der Waals surface area contributed by atoms with Crippen molar-refractivity contribution < 1.29 is 17.6 Å². The Labute approximate surface area is 153 Å². The number of rotatable bonds is 4. The first kappa shape index (κ1) is 17.1. The van der Waals surface area contributed by atoms with Crippen LogP contribution >= 0.6 is 11.6 Å². The van der Waals surface area contributed by atoms with Gasteiger partial charge in [0.05, 0.1) is 17.0 Å². The highest BCUT2D eigenvalue weighted by molar-refractivity contribution is 7.89. The van der Waals surface area contributed by atoms with E-state index in [1.54, 1.807) is 12.3 Å². The van der Waals surface area contributed by atoms with Gasteiger partial charge in [-0.05, 0) is 24.6 Å². The van der Waals surface area contributed by atoms with E-state index in [4.69, 9.17) is 20.8 Å². The summed E-state index contributed by atoms with van der Waals surface area (Å²) in [4.78, 5) is 17.7. The number of fused-ring (bicyclic) bond motifs is 1. The molecule has 8 nitrogen and oxygen atoms in total. The molecule has 0 amide bonds. The number of pyridine rings is 1. The zero-order chi connectivity index (χ0) is 18.3. The van der Waals surface area contributed by atoms with E-state index in [1.807, 2.05) is 0 Å². The third-order valence-corrected chi connectivity index (χ3v) is 6.31. The van der Waals surface area contributed by atoms with Gasteiger partial charge in [-0.1, -0.05) is 11.6 Å². The molecule has 1 saturated heterocycles. The Morgan fingerprint density at radius 1 is 1.35 bits per heavy atom. The molecular weight excluding hydrogens is 382 g/mol. The molecule has 1 N–H and O–H groups in total. The van der Waals surface area contributed by atoms with Crippen LogP contribution in [0.15, 0.2) is 50.8 Å². The lowest BCUT2D eigenvalue weighted by Gasteiger charge is -2.17. The third-order valence-electron chi connectivity index (χ3n) is 4.16. The minimum absolute atomic E-state index is 0.0876. The average Bonchev–Trinajstić information content (AvgIpc) is 3.22. The van der Waals surface area contributed by atoms with Crippen LogP contribution < -0.4 is 10.5 Å². The number of nitrogens with one attached hydrogen (secondary N) is 1. The van der Waals surface area contributed by atoms with Crippen LogP contribution in [-0.2, 0) is 10.0 Å². The normalized spacial score (nSPS) is 18.4. The average molecular weight is 396 g/mol. The molecule has 1 aliphatic heterocycles. The lowest BCUT2D eigenvalue weighted by molar-refractivity contribution is 0.215. The van der Waals surface area contributed by atoms with E-state index in [0.717, 1.165) is 0 Å². The summed E-state index contributed by atoms with van der Waals surface area (Å²) in [6, 6.07) is 5.91. The van der Waals surface area contributed by atoms with Crippen molar-refractivity contribution in [1.29, 1.82) is 0 Å². The van der Waals surface area contributed by atoms with Crippen molar-refractivity contribution in [3.8, 4) is 5.75 Å². The van der Waals surface area contributed by atoms with E-state index in [9.17, 15) is 13.2 Å². The van der Waals surface area contributed by atoms with Crippen LogP contribution in [-0.4, -0.2) is 41.9 Å². The molecule has 4 rings (SSSR count). The van der Waals surface area contributed by atoms with Gasteiger partial charge in [-0.2, -0.15) is 4.31 Å². The van der Waals surface area contributed by atoms with Gasteiger partial charge in [0.15, 0.2) is 5.58 Å². The Hall–Kier alpha value is -2.36. The highest BCUT2D eigenvalue weighted by atomic mass is 35.5. The van der Waals surface area contributed by atoms with Gasteiger partial charge >= 0.3 is 5.76 Å². The second-order valence-electron chi connectivity index (χ2n) is 5.87. The molecule has 0 aliphatic carbocycles. The van der Waals surface area contributed by atoms with Gasteiger partial charge in [0.25, 0.3) is 0 Å². The molecule has 1 fully saturated rings. The summed E-state index contributed by atoms with van der Waals surface area (Å²) in [7, 11) is -3.71. The van der Waals surface area contributed by atoms with E-state index in [2.05, 4.69) is 9.97 Å². The van der Waals surface area contributed by atoms with Crippen molar-refractivity contribution in [2.24, 2.45) is 0 Å². The quantitative estimate of drug-likeness (QED) is 0.724. The van der Waals surface area contributed by atoms with Crippen LogP contribution in [0.5, 0.6) is 5.75 Å². The number of benzene rings is 1. The van der Waals surface area contributed by atoms with Gasteiger partial charge in [0.2, 0.25) is 10.0 Å². The number of hydrogen-bond acceptors (Lipinski definition) is 6. The van der Waals surface area contributed by atoms with Crippen LogP contribution in [0.25, 0.3) is 11.1 Å². The summed E-state index contributed by atoms with van der Waals surface area (Å²) in [5, 5.41) is 0.378. The minimum atomic E-state index is -3.71. The van der Waals surface area contributed by atoms with Crippen LogP contribution in [0.4, 0.5) is 0 Å². The number of aromatic amines is 1. The van der Waals surface area contributed by atoms with Crippen LogP contribution in [0.3, 0.4) is 0 Å². The molecule has 1 aromatic carbocycles. The largest absolute Gasteiger partial charge is 0.487 e. The molecule has 2 aromatic heterocycles. The van der Waals surface area contributed by atoms with Crippen molar-refractivity contribution in [2.75, 3.05) is 13.1 Å². The predicted molar refractivity (Wildman–Crippen MR) is 93.9 cm³/mol. The maximum absolute atomic E-state index is 12.9. The monoisotopic (exact) mass is 395 g/mol.